The summed E-state index contributed by atoms with van der Waals surface area (Å²) in [6, 6.07) is 7.63. The van der Waals surface area contributed by atoms with E-state index in [0.29, 0.717) is 6.61 Å². The van der Waals surface area contributed by atoms with Crippen molar-refractivity contribution < 1.29 is 9.84 Å². The third kappa shape index (κ3) is 4.14. The molecule has 0 amide bonds. The van der Waals surface area contributed by atoms with Crippen molar-refractivity contribution in [3.05, 3.63) is 29.8 Å². The molecule has 1 atom stereocenters. The molecule has 0 spiro atoms. The Morgan fingerprint density at radius 1 is 1.40 bits per heavy atom. The number of aliphatic hydroxyl groups is 1. The average Bonchev–Trinajstić information content (AvgIpc) is 2.25. The quantitative estimate of drug-likeness (QED) is 0.756. The zero-order valence-electron chi connectivity index (χ0n) is 9.27. The summed E-state index contributed by atoms with van der Waals surface area (Å²) in [5, 5.41) is 9.52. The van der Waals surface area contributed by atoms with Crippen molar-refractivity contribution >= 4 is 11.8 Å². The normalized spacial score (nSPS) is 12.5. The smallest absolute Gasteiger partial charge is 0.125 e. The van der Waals surface area contributed by atoms with Gasteiger partial charge in [-0.1, -0.05) is 25.1 Å². The second kappa shape index (κ2) is 6.75. The van der Waals surface area contributed by atoms with Crippen LogP contribution in [0, 0.1) is 0 Å². The largest absolute Gasteiger partial charge is 0.492 e. The van der Waals surface area contributed by atoms with Crippen molar-refractivity contribution in [3.8, 4) is 5.75 Å². The van der Waals surface area contributed by atoms with E-state index in [0.717, 1.165) is 22.8 Å². The second-order valence-corrected chi connectivity index (χ2v) is 4.65. The van der Waals surface area contributed by atoms with E-state index in [9.17, 15) is 5.11 Å². The predicted molar refractivity (Wildman–Crippen MR) is 65.6 cm³/mol. The summed E-state index contributed by atoms with van der Waals surface area (Å²) < 4.78 is 5.62. The summed E-state index contributed by atoms with van der Waals surface area (Å²) in [6.45, 7) is 4.58. The van der Waals surface area contributed by atoms with Crippen LogP contribution in [0.3, 0.4) is 0 Å². The molecule has 2 nitrogen and oxygen atoms in total. The molecule has 1 aromatic carbocycles. The summed E-state index contributed by atoms with van der Waals surface area (Å²) in [5.74, 6) is 2.90. The SMILES string of the molecule is CCSCCOc1ccccc1[C@@H](C)O. The number of hydrogen-bond acceptors (Lipinski definition) is 3. The maximum Gasteiger partial charge on any atom is 0.125 e. The van der Waals surface area contributed by atoms with Gasteiger partial charge >= 0.3 is 0 Å². The molecule has 0 radical (unpaired) electrons. The van der Waals surface area contributed by atoms with Crippen LogP contribution in [0.4, 0.5) is 0 Å². The van der Waals surface area contributed by atoms with Gasteiger partial charge in [0.25, 0.3) is 0 Å². The molecule has 0 aliphatic heterocycles. The predicted octanol–water partition coefficient (Wildman–Crippen LogP) is 2.87. The minimum atomic E-state index is -0.472. The molecular weight excluding hydrogens is 208 g/mol. The van der Waals surface area contributed by atoms with E-state index in [1.165, 1.54) is 0 Å². The van der Waals surface area contributed by atoms with E-state index in [2.05, 4.69) is 6.92 Å². The molecule has 0 fully saturated rings. The van der Waals surface area contributed by atoms with Gasteiger partial charge in [0, 0.05) is 11.3 Å². The third-order valence-corrected chi connectivity index (χ3v) is 2.92. The van der Waals surface area contributed by atoms with Crippen molar-refractivity contribution in [1.29, 1.82) is 0 Å². The van der Waals surface area contributed by atoms with Crippen molar-refractivity contribution in [2.24, 2.45) is 0 Å². The van der Waals surface area contributed by atoms with Gasteiger partial charge in [0.15, 0.2) is 0 Å². The molecule has 3 heteroatoms. The molecule has 1 N–H and O–H groups in total. The van der Waals surface area contributed by atoms with Gasteiger partial charge < -0.3 is 9.84 Å². The van der Waals surface area contributed by atoms with Gasteiger partial charge in [0.1, 0.15) is 5.75 Å². The number of hydrogen-bond donors (Lipinski definition) is 1. The lowest BCUT2D eigenvalue weighted by molar-refractivity contribution is 0.192. The van der Waals surface area contributed by atoms with Crippen molar-refractivity contribution in [1.82, 2.24) is 0 Å². The molecule has 0 saturated carbocycles. The third-order valence-electron chi connectivity index (χ3n) is 2.06. The first-order valence-electron chi connectivity index (χ1n) is 5.23. The van der Waals surface area contributed by atoms with Crippen molar-refractivity contribution in [3.63, 3.8) is 0 Å². The first-order chi connectivity index (χ1) is 7.25. The van der Waals surface area contributed by atoms with Gasteiger partial charge in [0.2, 0.25) is 0 Å². The molecule has 0 heterocycles. The Bertz CT molecular complexity index is 287. The fraction of sp³-hybridized carbons (Fsp3) is 0.500. The van der Waals surface area contributed by atoms with E-state index in [4.69, 9.17) is 4.74 Å². The van der Waals surface area contributed by atoms with Crippen LogP contribution >= 0.6 is 11.8 Å². The Labute approximate surface area is 95.7 Å². The van der Waals surface area contributed by atoms with E-state index in [1.54, 1.807) is 6.92 Å². The topological polar surface area (TPSA) is 29.5 Å². The van der Waals surface area contributed by atoms with Gasteiger partial charge in [0.05, 0.1) is 12.7 Å². The Kier molecular flexibility index (Phi) is 5.58. The van der Waals surface area contributed by atoms with Crippen LogP contribution in [0.15, 0.2) is 24.3 Å². The highest BCUT2D eigenvalue weighted by Gasteiger charge is 2.07. The summed E-state index contributed by atoms with van der Waals surface area (Å²) >= 11 is 1.85. The van der Waals surface area contributed by atoms with Crippen LogP contribution in [-0.2, 0) is 0 Å². The molecular formula is C12H18O2S. The first-order valence-corrected chi connectivity index (χ1v) is 6.38. The average molecular weight is 226 g/mol. The molecule has 1 aromatic rings. The Morgan fingerprint density at radius 2 is 2.13 bits per heavy atom. The molecule has 0 aliphatic carbocycles. The zero-order chi connectivity index (χ0) is 11.1. The van der Waals surface area contributed by atoms with E-state index < -0.39 is 6.10 Å². The maximum atomic E-state index is 9.52. The summed E-state index contributed by atoms with van der Waals surface area (Å²) in [5.41, 5.74) is 0.860. The molecule has 0 unspecified atom stereocenters. The fourth-order valence-corrected chi connectivity index (χ4v) is 1.80. The fourth-order valence-electron chi connectivity index (χ4n) is 1.31. The van der Waals surface area contributed by atoms with Gasteiger partial charge in [-0.25, -0.2) is 0 Å². The van der Waals surface area contributed by atoms with Crippen LogP contribution in [0.25, 0.3) is 0 Å². The van der Waals surface area contributed by atoms with Gasteiger partial charge in [-0.3, -0.25) is 0 Å². The lowest BCUT2D eigenvalue weighted by Crippen LogP contribution is -2.04. The molecule has 0 saturated heterocycles. The lowest BCUT2D eigenvalue weighted by Gasteiger charge is -2.12. The number of benzene rings is 1. The Balaban J connectivity index is 2.52. The highest BCUT2D eigenvalue weighted by Crippen LogP contribution is 2.24. The van der Waals surface area contributed by atoms with Gasteiger partial charge in [-0.05, 0) is 18.7 Å². The lowest BCUT2D eigenvalue weighted by atomic mass is 10.1. The van der Waals surface area contributed by atoms with Gasteiger partial charge in [-0.2, -0.15) is 11.8 Å². The Morgan fingerprint density at radius 3 is 2.80 bits per heavy atom. The van der Waals surface area contributed by atoms with Crippen molar-refractivity contribution in [2.45, 2.75) is 20.0 Å². The van der Waals surface area contributed by atoms with Crippen LogP contribution in [0.2, 0.25) is 0 Å². The summed E-state index contributed by atoms with van der Waals surface area (Å²) in [4.78, 5) is 0. The minimum absolute atomic E-state index is 0.472. The summed E-state index contributed by atoms with van der Waals surface area (Å²) in [7, 11) is 0. The first kappa shape index (κ1) is 12.4. The highest BCUT2D eigenvalue weighted by atomic mass is 32.2. The van der Waals surface area contributed by atoms with Crippen LogP contribution in [0.5, 0.6) is 5.75 Å². The number of rotatable bonds is 6. The van der Waals surface area contributed by atoms with Crippen LogP contribution < -0.4 is 4.74 Å². The maximum absolute atomic E-state index is 9.52. The number of para-hydroxylation sites is 1. The standard InChI is InChI=1S/C12H18O2S/c1-3-15-9-8-14-12-7-5-4-6-11(12)10(2)13/h4-7,10,13H,3,8-9H2,1-2H3/t10-/m1/s1. The van der Waals surface area contributed by atoms with Crippen LogP contribution in [-0.4, -0.2) is 23.2 Å². The van der Waals surface area contributed by atoms with Crippen molar-refractivity contribution in [2.75, 3.05) is 18.1 Å². The zero-order valence-corrected chi connectivity index (χ0v) is 10.1. The van der Waals surface area contributed by atoms with E-state index in [-0.39, 0.29) is 0 Å². The highest BCUT2D eigenvalue weighted by molar-refractivity contribution is 7.99. The molecule has 1 rings (SSSR count). The summed E-state index contributed by atoms with van der Waals surface area (Å²) in [6.07, 6.45) is -0.472. The molecule has 0 aliphatic rings. The van der Waals surface area contributed by atoms with Crippen LogP contribution in [0.1, 0.15) is 25.5 Å². The Hall–Kier alpha value is -0.670. The number of thioether (sulfide) groups is 1. The second-order valence-electron chi connectivity index (χ2n) is 3.26. The molecule has 84 valence electrons. The van der Waals surface area contributed by atoms with Gasteiger partial charge in [-0.15, -0.1) is 0 Å². The van der Waals surface area contributed by atoms with E-state index in [1.807, 2.05) is 36.0 Å². The number of aliphatic hydroxyl groups excluding tert-OH is 1. The minimum Gasteiger partial charge on any atom is -0.492 e. The molecule has 0 bridgehead atoms. The molecule has 0 aromatic heterocycles. The number of ether oxygens (including phenoxy) is 1. The monoisotopic (exact) mass is 226 g/mol. The van der Waals surface area contributed by atoms with E-state index >= 15 is 0 Å². The molecule has 15 heavy (non-hydrogen) atoms.